The van der Waals surface area contributed by atoms with E-state index in [9.17, 15) is 23.2 Å². The number of aromatic nitrogens is 1. The molecule has 0 spiro atoms. The van der Waals surface area contributed by atoms with Crippen molar-refractivity contribution in [3.63, 3.8) is 0 Å². The fourth-order valence-corrected chi connectivity index (χ4v) is 4.90. The Morgan fingerprint density at radius 1 is 0.810 bits per heavy atom. The lowest BCUT2D eigenvalue weighted by molar-refractivity contribution is -0.137. The zero-order chi connectivity index (χ0) is 29.9. The van der Waals surface area contributed by atoms with E-state index in [1.807, 2.05) is 86.6 Å². The highest BCUT2D eigenvalue weighted by atomic mass is 19.4. The fourth-order valence-electron chi connectivity index (χ4n) is 4.90. The summed E-state index contributed by atoms with van der Waals surface area (Å²) in [5.74, 6) is 1.08. The molecule has 0 aliphatic rings. The van der Waals surface area contributed by atoms with Crippen LogP contribution in [-0.4, -0.2) is 4.57 Å². The van der Waals surface area contributed by atoms with Gasteiger partial charge in [0, 0.05) is 0 Å². The monoisotopic (exact) mass is 564 g/mol. The van der Waals surface area contributed by atoms with Gasteiger partial charge in [-0.1, -0.05) is 67.6 Å². The third kappa shape index (κ3) is 5.98. The quantitative estimate of drug-likeness (QED) is 0.199. The summed E-state index contributed by atoms with van der Waals surface area (Å²) in [5, 5.41) is 9.53. The van der Waals surface area contributed by atoms with Crippen molar-refractivity contribution >= 4 is 0 Å². The van der Waals surface area contributed by atoms with Crippen LogP contribution in [0.3, 0.4) is 0 Å². The van der Waals surface area contributed by atoms with Crippen LogP contribution in [0.4, 0.5) is 13.2 Å². The van der Waals surface area contributed by atoms with Crippen LogP contribution < -0.4 is 10.3 Å². The van der Waals surface area contributed by atoms with E-state index < -0.39 is 22.9 Å². The minimum Gasteiger partial charge on any atom is -0.457 e. The highest BCUT2D eigenvalue weighted by Gasteiger charge is 2.36. The Balaban J connectivity index is 1.54. The van der Waals surface area contributed by atoms with E-state index in [4.69, 9.17) is 4.74 Å². The standard InChI is InChI=1S/C35H27F3N2O2/c1-3-24-12-13-28(23(2)18-24)22-40-33(20-32(35(36,37)38)31(21-39)34(40)41)26-14-16-29(17-15-26)42-30-11-7-10-27(19-30)25-8-5-4-6-9-25/h4-20H,3,22H2,1-2H3. The van der Waals surface area contributed by atoms with Gasteiger partial charge >= 0.3 is 6.18 Å². The van der Waals surface area contributed by atoms with Crippen LogP contribution >= 0.6 is 0 Å². The van der Waals surface area contributed by atoms with Gasteiger partial charge in [0.05, 0.1) is 17.8 Å². The summed E-state index contributed by atoms with van der Waals surface area (Å²) >= 11 is 0. The third-order valence-electron chi connectivity index (χ3n) is 7.19. The lowest BCUT2D eigenvalue weighted by atomic mass is 10.0. The zero-order valence-corrected chi connectivity index (χ0v) is 23.1. The van der Waals surface area contributed by atoms with Crippen LogP contribution in [0, 0.1) is 18.3 Å². The highest BCUT2D eigenvalue weighted by molar-refractivity contribution is 5.66. The lowest BCUT2D eigenvalue weighted by Gasteiger charge is -2.19. The highest BCUT2D eigenvalue weighted by Crippen LogP contribution is 2.35. The molecule has 1 aromatic heterocycles. The Morgan fingerprint density at radius 2 is 1.52 bits per heavy atom. The zero-order valence-electron chi connectivity index (χ0n) is 23.1. The molecule has 1 heterocycles. The predicted molar refractivity (Wildman–Crippen MR) is 157 cm³/mol. The second-order valence-corrected chi connectivity index (χ2v) is 9.95. The van der Waals surface area contributed by atoms with Crippen LogP contribution in [0.25, 0.3) is 22.4 Å². The van der Waals surface area contributed by atoms with Crippen LogP contribution in [-0.2, 0) is 19.1 Å². The SMILES string of the molecule is CCc1ccc(Cn2c(-c3ccc(Oc4cccc(-c5ccccc5)c4)cc3)cc(C(F)(F)F)c(C#N)c2=O)c(C)c1. The number of hydrogen-bond donors (Lipinski definition) is 0. The molecule has 0 unspecified atom stereocenters. The van der Waals surface area contributed by atoms with Gasteiger partial charge in [0.25, 0.3) is 5.56 Å². The third-order valence-corrected chi connectivity index (χ3v) is 7.19. The molecule has 0 aliphatic heterocycles. The second-order valence-electron chi connectivity index (χ2n) is 9.95. The summed E-state index contributed by atoms with van der Waals surface area (Å²) in [5.41, 5.74) is 2.09. The first-order valence-electron chi connectivity index (χ1n) is 13.4. The number of aryl methyl sites for hydroxylation is 2. The largest absolute Gasteiger partial charge is 0.457 e. The van der Waals surface area contributed by atoms with Gasteiger partial charge in [-0.15, -0.1) is 0 Å². The van der Waals surface area contributed by atoms with Crippen molar-refractivity contribution in [2.24, 2.45) is 0 Å². The van der Waals surface area contributed by atoms with Gasteiger partial charge < -0.3 is 9.30 Å². The van der Waals surface area contributed by atoms with Crippen molar-refractivity contribution < 1.29 is 17.9 Å². The first kappa shape index (κ1) is 28.4. The molecule has 0 atom stereocenters. The smallest absolute Gasteiger partial charge is 0.417 e. The lowest BCUT2D eigenvalue weighted by Crippen LogP contribution is -2.29. The van der Waals surface area contributed by atoms with Gasteiger partial charge in [0.1, 0.15) is 23.1 Å². The van der Waals surface area contributed by atoms with Crippen LogP contribution in [0.15, 0.2) is 108 Å². The van der Waals surface area contributed by atoms with Crippen molar-refractivity contribution in [1.82, 2.24) is 4.57 Å². The summed E-state index contributed by atoms with van der Waals surface area (Å²) in [6, 6.07) is 32.1. The van der Waals surface area contributed by atoms with E-state index in [-0.39, 0.29) is 12.2 Å². The fraction of sp³-hybridized carbons (Fsp3) is 0.143. The van der Waals surface area contributed by atoms with Gasteiger partial charge in [-0.25, -0.2) is 0 Å². The Kier molecular flexibility index (Phi) is 7.99. The van der Waals surface area contributed by atoms with Crippen LogP contribution in [0.1, 0.15) is 34.7 Å². The van der Waals surface area contributed by atoms with E-state index in [2.05, 4.69) is 0 Å². The number of nitrogens with zero attached hydrogens (tertiary/aromatic N) is 2. The molecule has 0 amide bonds. The Labute approximate surface area is 241 Å². The topological polar surface area (TPSA) is 55.0 Å². The molecule has 0 fully saturated rings. The molecule has 4 nitrogen and oxygen atoms in total. The molecule has 0 N–H and O–H groups in total. The van der Waals surface area contributed by atoms with E-state index in [1.54, 1.807) is 24.3 Å². The van der Waals surface area contributed by atoms with Crippen molar-refractivity contribution in [2.75, 3.05) is 0 Å². The van der Waals surface area contributed by atoms with Gasteiger partial charge in [-0.2, -0.15) is 18.4 Å². The number of ether oxygens (including phenoxy) is 1. The van der Waals surface area contributed by atoms with Crippen LogP contribution in [0.5, 0.6) is 11.5 Å². The maximum absolute atomic E-state index is 14.0. The molecule has 42 heavy (non-hydrogen) atoms. The number of pyridine rings is 1. The maximum Gasteiger partial charge on any atom is 0.417 e. The predicted octanol–water partition coefficient (Wildman–Crippen LogP) is 8.78. The molecule has 7 heteroatoms. The van der Waals surface area contributed by atoms with Gasteiger partial charge in [-0.05, 0) is 89.2 Å². The molecule has 0 saturated heterocycles. The molecular weight excluding hydrogens is 537 g/mol. The summed E-state index contributed by atoms with van der Waals surface area (Å²) in [4.78, 5) is 13.4. The van der Waals surface area contributed by atoms with Gasteiger partial charge in [0.2, 0.25) is 0 Å². The number of alkyl halides is 3. The molecule has 0 saturated carbocycles. The first-order chi connectivity index (χ1) is 20.2. The molecule has 5 aromatic rings. The van der Waals surface area contributed by atoms with Crippen molar-refractivity contribution in [3.05, 3.63) is 141 Å². The van der Waals surface area contributed by atoms with Gasteiger partial charge in [0.15, 0.2) is 0 Å². The average molecular weight is 565 g/mol. The van der Waals surface area contributed by atoms with E-state index in [1.165, 1.54) is 10.6 Å². The average Bonchev–Trinajstić information content (AvgIpc) is 2.99. The number of nitriles is 1. The Bertz CT molecular complexity index is 1830. The van der Waals surface area contributed by atoms with Crippen molar-refractivity contribution in [3.8, 4) is 40.0 Å². The minimum absolute atomic E-state index is 0.0152. The molecule has 210 valence electrons. The Morgan fingerprint density at radius 3 is 2.17 bits per heavy atom. The number of halogens is 3. The van der Waals surface area contributed by atoms with Crippen LogP contribution in [0.2, 0.25) is 0 Å². The van der Waals surface area contributed by atoms with E-state index >= 15 is 0 Å². The van der Waals surface area contributed by atoms with Crippen molar-refractivity contribution in [1.29, 1.82) is 5.26 Å². The summed E-state index contributed by atoms with van der Waals surface area (Å²) in [6.07, 6.45) is -4.04. The minimum atomic E-state index is -4.87. The van der Waals surface area contributed by atoms with E-state index in [0.29, 0.717) is 17.1 Å². The summed E-state index contributed by atoms with van der Waals surface area (Å²) in [7, 11) is 0. The molecule has 4 aromatic carbocycles. The Hall–Kier alpha value is -5.09. The first-order valence-corrected chi connectivity index (χ1v) is 13.4. The van der Waals surface area contributed by atoms with Gasteiger partial charge in [-0.3, -0.25) is 4.79 Å². The molecule has 0 aliphatic carbocycles. The summed E-state index contributed by atoms with van der Waals surface area (Å²) < 4.78 is 49.2. The van der Waals surface area contributed by atoms with E-state index in [0.717, 1.165) is 40.3 Å². The normalized spacial score (nSPS) is 11.2. The second kappa shape index (κ2) is 11.8. The number of rotatable bonds is 7. The van der Waals surface area contributed by atoms with Crippen molar-refractivity contribution in [2.45, 2.75) is 33.0 Å². The number of hydrogen-bond acceptors (Lipinski definition) is 3. The molecule has 0 radical (unpaired) electrons. The molecule has 0 bridgehead atoms. The maximum atomic E-state index is 14.0. The number of benzene rings is 4. The summed E-state index contributed by atoms with van der Waals surface area (Å²) in [6.45, 7) is 3.94. The molecular formula is C35H27F3N2O2. The molecule has 5 rings (SSSR count).